The Kier molecular flexibility index (Phi) is 10.7. The molecule has 0 N–H and O–H groups in total. The van der Waals surface area contributed by atoms with E-state index in [0.29, 0.717) is 13.0 Å². The van der Waals surface area contributed by atoms with Crippen LogP contribution < -0.4 is 0 Å². The highest BCUT2D eigenvalue weighted by molar-refractivity contribution is 7.87. The summed E-state index contributed by atoms with van der Waals surface area (Å²) in [6.07, 6.45) is 2.28. The van der Waals surface area contributed by atoms with Gasteiger partial charge in [-0.2, -0.15) is 16.8 Å². The molecule has 2 aromatic carbocycles. The summed E-state index contributed by atoms with van der Waals surface area (Å²) < 4.78 is 74.0. The molecule has 4 atom stereocenters. The average Bonchev–Trinajstić information content (AvgIpc) is 3.26. The second-order valence-electron chi connectivity index (χ2n) is 9.58. The quantitative estimate of drug-likeness (QED) is 0.234. The van der Waals surface area contributed by atoms with Gasteiger partial charge in [-0.3, -0.25) is 8.37 Å². The van der Waals surface area contributed by atoms with Crippen molar-refractivity contribution in [2.45, 2.75) is 88.1 Å². The number of hydrogen-bond acceptors (Lipinski definition) is 8. The number of unbranched alkanes of at least 4 members (excludes halogenated alkanes) is 3. The van der Waals surface area contributed by atoms with Crippen molar-refractivity contribution in [1.82, 2.24) is 0 Å². The number of ether oxygens (including phenoxy) is 2. The molecule has 0 radical (unpaired) electrons. The summed E-state index contributed by atoms with van der Waals surface area (Å²) in [5.74, 6) is -0.455. The molecule has 3 rings (SSSR count). The molecule has 37 heavy (non-hydrogen) atoms. The zero-order chi connectivity index (χ0) is 27.1. The van der Waals surface area contributed by atoms with Crippen LogP contribution in [0.4, 0.5) is 0 Å². The lowest BCUT2D eigenvalue weighted by Crippen LogP contribution is -2.35. The van der Waals surface area contributed by atoms with Gasteiger partial charge in [0, 0.05) is 18.9 Å². The van der Waals surface area contributed by atoms with Crippen molar-refractivity contribution in [3.05, 3.63) is 59.7 Å². The lowest BCUT2D eigenvalue weighted by molar-refractivity contribution is -0.150. The van der Waals surface area contributed by atoms with E-state index < -0.39 is 44.7 Å². The standard InChI is InChI=1S/C27H38O8S2/c1-5-6-7-8-17-32-26-18-23(19-33-36(28,29)24-13-9-20(2)10-14-24)27(34-26)22(4)35-37(30,31)25-15-11-21(3)12-16-25/h9-16,22-23,26-27H,5-8,17-19H2,1-4H3. The normalized spacial score (nSPS) is 21.2. The van der Waals surface area contributed by atoms with E-state index in [-0.39, 0.29) is 16.4 Å². The first-order valence-electron chi connectivity index (χ1n) is 12.7. The van der Waals surface area contributed by atoms with Crippen LogP contribution in [0.2, 0.25) is 0 Å². The Labute approximate surface area is 221 Å². The Hall–Kier alpha value is -1.82. The Morgan fingerprint density at radius 1 is 0.865 bits per heavy atom. The molecule has 0 amide bonds. The molecule has 1 saturated heterocycles. The molecule has 10 heteroatoms. The molecule has 4 unspecified atom stereocenters. The monoisotopic (exact) mass is 554 g/mol. The summed E-state index contributed by atoms with van der Waals surface area (Å²) in [5.41, 5.74) is 1.86. The summed E-state index contributed by atoms with van der Waals surface area (Å²) in [4.78, 5) is 0.102. The maximum absolute atomic E-state index is 12.9. The molecular weight excluding hydrogens is 516 g/mol. The van der Waals surface area contributed by atoms with Crippen LogP contribution in [-0.4, -0.2) is 48.5 Å². The third-order valence-electron chi connectivity index (χ3n) is 6.37. The fraction of sp³-hybridized carbons (Fsp3) is 0.556. The van der Waals surface area contributed by atoms with Crippen LogP contribution in [0.25, 0.3) is 0 Å². The molecule has 1 heterocycles. The third kappa shape index (κ3) is 8.59. The Balaban J connectivity index is 1.70. The Morgan fingerprint density at radius 2 is 1.43 bits per heavy atom. The molecule has 1 aliphatic rings. The molecule has 0 spiro atoms. The maximum Gasteiger partial charge on any atom is 0.297 e. The molecule has 0 saturated carbocycles. The molecular formula is C27H38O8S2. The number of rotatable bonds is 14. The molecule has 206 valence electrons. The van der Waals surface area contributed by atoms with E-state index in [9.17, 15) is 16.8 Å². The second-order valence-corrected chi connectivity index (χ2v) is 12.8. The van der Waals surface area contributed by atoms with Gasteiger partial charge in [0.05, 0.1) is 22.5 Å². The highest BCUT2D eigenvalue weighted by Crippen LogP contribution is 2.33. The van der Waals surface area contributed by atoms with Crippen molar-refractivity contribution < 1.29 is 34.7 Å². The van der Waals surface area contributed by atoms with Crippen LogP contribution in [0.3, 0.4) is 0 Å². The highest BCUT2D eigenvalue weighted by atomic mass is 32.2. The van der Waals surface area contributed by atoms with Crippen molar-refractivity contribution >= 4 is 20.2 Å². The second kappa shape index (κ2) is 13.3. The van der Waals surface area contributed by atoms with Crippen LogP contribution in [0, 0.1) is 19.8 Å². The van der Waals surface area contributed by atoms with E-state index >= 15 is 0 Å². The van der Waals surface area contributed by atoms with Gasteiger partial charge < -0.3 is 9.47 Å². The van der Waals surface area contributed by atoms with Gasteiger partial charge in [-0.25, -0.2) is 0 Å². The van der Waals surface area contributed by atoms with E-state index in [0.717, 1.165) is 36.8 Å². The van der Waals surface area contributed by atoms with Crippen LogP contribution in [0.15, 0.2) is 58.3 Å². The smallest absolute Gasteiger partial charge is 0.297 e. The molecule has 1 aliphatic heterocycles. The summed E-state index contributed by atoms with van der Waals surface area (Å²) in [7, 11) is -8.05. The predicted octanol–water partition coefficient (Wildman–Crippen LogP) is 5.13. The van der Waals surface area contributed by atoms with Crippen LogP contribution in [0.5, 0.6) is 0 Å². The minimum absolute atomic E-state index is 0.0430. The van der Waals surface area contributed by atoms with Crippen molar-refractivity contribution in [1.29, 1.82) is 0 Å². The van der Waals surface area contributed by atoms with Gasteiger partial charge in [0.2, 0.25) is 0 Å². The van der Waals surface area contributed by atoms with Gasteiger partial charge >= 0.3 is 0 Å². The summed E-state index contributed by atoms with van der Waals surface area (Å²) in [5, 5.41) is 0. The predicted molar refractivity (Wildman–Crippen MR) is 140 cm³/mol. The van der Waals surface area contributed by atoms with E-state index in [2.05, 4.69) is 6.92 Å². The van der Waals surface area contributed by atoms with E-state index in [1.54, 1.807) is 31.2 Å². The first kappa shape index (κ1) is 29.7. The van der Waals surface area contributed by atoms with E-state index in [1.165, 1.54) is 24.3 Å². The van der Waals surface area contributed by atoms with E-state index in [4.69, 9.17) is 17.8 Å². The van der Waals surface area contributed by atoms with Crippen LogP contribution >= 0.6 is 0 Å². The van der Waals surface area contributed by atoms with Gasteiger partial charge in [0.1, 0.15) is 6.10 Å². The zero-order valence-corrected chi connectivity index (χ0v) is 23.6. The summed E-state index contributed by atoms with van der Waals surface area (Å²) in [6, 6.07) is 12.8. The number of hydrogen-bond donors (Lipinski definition) is 0. The van der Waals surface area contributed by atoms with Crippen LogP contribution in [-0.2, 0) is 38.1 Å². The highest BCUT2D eigenvalue weighted by Gasteiger charge is 2.42. The molecule has 1 fully saturated rings. The zero-order valence-electron chi connectivity index (χ0n) is 22.0. The van der Waals surface area contributed by atoms with Crippen molar-refractivity contribution in [3.63, 3.8) is 0 Å². The largest absolute Gasteiger partial charge is 0.353 e. The Bertz CT molecular complexity index is 1190. The minimum Gasteiger partial charge on any atom is -0.353 e. The lowest BCUT2D eigenvalue weighted by Gasteiger charge is -2.24. The van der Waals surface area contributed by atoms with Gasteiger partial charge in [0.15, 0.2) is 6.29 Å². The fourth-order valence-corrected chi connectivity index (χ4v) is 6.25. The molecule has 0 bridgehead atoms. The molecule has 8 nitrogen and oxygen atoms in total. The van der Waals surface area contributed by atoms with Gasteiger partial charge in [-0.05, 0) is 51.5 Å². The molecule has 0 aliphatic carbocycles. The minimum atomic E-state index is -4.05. The van der Waals surface area contributed by atoms with E-state index in [1.807, 2.05) is 13.8 Å². The first-order chi connectivity index (χ1) is 17.5. The van der Waals surface area contributed by atoms with Crippen molar-refractivity contribution in [3.8, 4) is 0 Å². The number of benzene rings is 2. The average molecular weight is 555 g/mol. The third-order valence-corrected chi connectivity index (χ3v) is 9.07. The van der Waals surface area contributed by atoms with Gasteiger partial charge in [0.25, 0.3) is 20.2 Å². The summed E-state index contributed by atoms with van der Waals surface area (Å²) >= 11 is 0. The van der Waals surface area contributed by atoms with Gasteiger partial charge in [-0.1, -0.05) is 61.6 Å². The first-order valence-corrected chi connectivity index (χ1v) is 15.6. The van der Waals surface area contributed by atoms with Gasteiger partial charge in [-0.15, -0.1) is 0 Å². The molecule has 0 aromatic heterocycles. The SMILES string of the molecule is CCCCCCOC1CC(COS(=O)(=O)c2ccc(C)cc2)C(C(C)OS(=O)(=O)c2ccc(C)cc2)O1. The lowest BCUT2D eigenvalue weighted by atomic mass is 9.99. The Morgan fingerprint density at radius 3 is 2.00 bits per heavy atom. The van der Waals surface area contributed by atoms with Crippen LogP contribution in [0.1, 0.15) is 57.1 Å². The topological polar surface area (TPSA) is 105 Å². The van der Waals surface area contributed by atoms with Crippen molar-refractivity contribution in [2.24, 2.45) is 5.92 Å². The molecule has 2 aromatic rings. The fourth-order valence-electron chi connectivity index (χ4n) is 4.20. The maximum atomic E-state index is 12.9. The summed E-state index contributed by atoms with van der Waals surface area (Å²) in [6.45, 7) is 7.78. The van der Waals surface area contributed by atoms with Crippen molar-refractivity contribution in [2.75, 3.05) is 13.2 Å². The number of aryl methyl sites for hydroxylation is 2.